The number of carbonyl (C=O) groups is 1. The summed E-state index contributed by atoms with van der Waals surface area (Å²) in [4.78, 5) is 16.3. The molecule has 2 aliphatic heterocycles. The van der Waals surface area contributed by atoms with Crippen LogP contribution in [0.3, 0.4) is 0 Å². The van der Waals surface area contributed by atoms with Crippen LogP contribution in [-0.2, 0) is 36.0 Å². The highest BCUT2D eigenvalue weighted by atomic mass is 35.5. The van der Waals surface area contributed by atoms with E-state index in [9.17, 15) is 20.1 Å². The van der Waals surface area contributed by atoms with E-state index in [2.05, 4.69) is 9.99 Å². The number of fused-ring (bicyclic) bond motifs is 2. The van der Waals surface area contributed by atoms with E-state index in [-0.39, 0.29) is 19.8 Å². The molecule has 5 atom stereocenters. The van der Waals surface area contributed by atoms with Crippen LogP contribution < -0.4 is 4.74 Å². The normalized spacial score (nSPS) is 28.3. The van der Waals surface area contributed by atoms with Crippen molar-refractivity contribution in [3.63, 3.8) is 0 Å². The number of hydrogen-bond acceptors (Lipinski definition) is 11. The van der Waals surface area contributed by atoms with Gasteiger partial charge in [-0.05, 0) is 48.7 Å². The minimum Gasteiger partial charge on any atom is -0.488 e. The maximum absolute atomic E-state index is 11.7. The first-order valence-corrected chi connectivity index (χ1v) is 12.4. The SMILES string of the molecule is CCOC(=O)OC[C@@]12CO[C@](c3ccc(Cl)c(Cc4ccc(OC/C=N/OC)cc4)c3)(O1)[C@H](O)[C@@H](O)[C@H]2O. The van der Waals surface area contributed by atoms with E-state index in [0.717, 1.165) is 5.56 Å². The molecule has 11 nitrogen and oxygen atoms in total. The largest absolute Gasteiger partial charge is 0.508 e. The standard InChI is InChI=1S/C26H30ClNO10/c1-3-34-24(32)36-14-25-15-37-26(38-25,23(31)21(29)22(25)30)18-6-9-20(27)17(13-18)12-16-4-7-19(8-5-16)35-11-10-28-33-2/h4-10,13,21-23,29-31H,3,11-12,14-15H2,1-2H3/b28-10+/t21-,22+,23+,25-,26+/m0/s1. The fourth-order valence-electron chi connectivity index (χ4n) is 4.49. The number of ether oxygens (including phenoxy) is 5. The van der Waals surface area contributed by atoms with Gasteiger partial charge in [0.1, 0.15) is 44.4 Å². The van der Waals surface area contributed by atoms with E-state index >= 15 is 0 Å². The Morgan fingerprint density at radius 3 is 2.63 bits per heavy atom. The number of halogens is 1. The summed E-state index contributed by atoms with van der Waals surface area (Å²) < 4.78 is 27.4. The van der Waals surface area contributed by atoms with Gasteiger partial charge in [-0.2, -0.15) is 0 Å². The Morgan fingerprint density at radius 1 is 1.16 bits per heavy atom. The number of aliphatic hydroxyl groups is 3. The molecule has 0 radical (unpaired) electrons. The summed E-state index contributed by atoms with van der Waals surface area (Å²) in [5.41, 5.74) is 0.407. The second-order valence-electron chi connectivity index (χ2n) is 8.88. The summed E-state index contributed by atoms with van der Waals surface area (Å²) in [6.45, 7) is 1.28. The van der Waals surface area contributed by atoms with Crippen molar-refractivity contribution in [1.82, 2.24) is 0 Å². The second-order valence-corrected chi connectivity index (χ2v) is 9.29. The number of rotatable bonds is 10. The van der Waals surface area contributed by atoms with Crippen molar-refractivity contribution in [2.24, 2.45) is 5.16 Å². The molecule has 4 rings (SSSR count). The summed E-state index contributed by atoms with van der Waals surface area (Å²) in [5.74, 6) is -1.17. The average molecular weight is 552 g/mol. The zero-order valence-corrected chi connectivity index (χ0v) is 21.7. The molecule has 2 heterocycles. The Bertz CT molecular complexity index is 1150. The van der Waals surface area contributed by atoms with Crippen LogP contribution in [0.5, 0.6) is 5.75 Å². The van der Waals surface area contributed by atoms with E-state index in [4.69, 9.17) is 35.3 Å². The molecule has 2 bridgehead atoms. The molecule has 0 spiro atoms. The Morgan fingerprint density at radius 2 is 1.92 bits per heavy atom. The first-order chi connectivity index (χ1) is 18.2. The monoisotopic (exact) mass is 551 g/mol. The maximum Gasteiger partial charge on any atom is 0.508 e. The maximum atomic E-state index is 11.7. The fourth-order valence-corrected chi connectivity index (χ4v) is 4.67. The van der Waals surface area contributed by atoms with Crippen LogP contribution in [0.25, 0.3) is 0 Å². The van der Waals surface area contributed by atoms with E-state index in [1.54, 1.807) is 25.1 Å². The third kappa shape index (κ3) is 5.58. The second kappa shape index (κ2) is 11.9. The Kier molecular flexibility index (Phi) is 8.76. The highest BCUT2D eigenvalue weighted by Crippen LogP contribution is 2.50. The lowest BCUT2D eigenvalue weighted by Crippen LogP contribution is -2.65. The zero-order chi connectivity index (χ0) is 27.3. The van der Waals surface area contributed by atoms with Gasteiger partial charge < -0.3 is 43.8 Å². The van der Waals surface area contributed by atoms with Crippen LogP contribution in [-0.4, -0.2) is 85.1 Å². The van der Waals surface area contributed by atoms with Crippen molar-refractivity contribution >= 4 is 24.0 Å². The lowest BCUT2D eigenvalue weighted by Gasteiger charge is -2.46. The lowest BCUT2D eigenvalue weighted by atomic mass is 9.83. The molecule has 0 aromatic heterocycles. The van der Waals surface area contributed by atoms with Gasteiger partial charge in [0.05, 0.1) is 19.4 Å². The van der Waals surface area contributed by atoms with Gasteiger partial charge in [0.2, 0.25) is 5.79 Å². The zero-order valence-electron chi connectivity index (χ0n) is 20.9. The molecule has 2 saturated heterocycles. The average Bonchev–Trinajstić information content (AvgIpc) is 3.30. The molecule has 2 aromatic rings. The summed E-state index contributed by atoms with van der Waals surface area (Å²) in [7, 11) is 1.45. The van der Waals surface area contributed by atoms with Crippen molar-refractivity contribution in [2.45, 2.75) is 43.0 Å². The molecule has 2 aliphatic rings. The van der Waals surface area contributed by atoms with Crippen molar-refractivity contribution in [3.8, 4) is 5.75 Å². The quantitative estimate of drug-likeness (QED) is 0.228. The molecular weight excluding hydrogens is 522 g/mol. The number of aliphatic hydroxyl groups excluding tert-OH is 3. The molecule has 2 aromatic carbocycles. The van der Waals surface area contributed by atoms with Crippen molar-refractivity contribution in [2.75, 3.05) is 33.5 Å². The van der Waals surface area contributed by atoms with Crippen LogP contribution in [0.2, 0.25) is 5.02 Å². The minimum atomic E-state index is -1.82. The predicted molar refractivity (Wildman–Crippen MR) is 134 cm³/mol. The van der Waals surface area contributed by atoms with Crippen LogP contribution in [0.15, 0.2) is 47.6 Å². The molecule has 0 amide bonds. The first-order valence-electron chi connectivity index (χ1n) is 12.0. The van der Waals surface area contributed by atoms with Gasteiger partial charge in [-0.25, -0.2) is 4.79 Å². The van der Waals surface area contributed by atoms with Gasteiger partial charge in [0.25, 0.3) is 0 Å². The van der Waals surface area contributed by atoms with Crippen molar-refractivity contribution in [3.05, 3.63) is 64.2 Å². The first kappa shape index (κ1) is 28.1. The molecule has 2 fully saturated rings. The molecule has 38 heavy (non-hydrogen) atoms. The highest BCUT2D eigenvalue weighted by Gasteiger charge is 2.67. The molecule has 206 valence electrons. The molecule has 0 saturated carbocycles. The lowest BCUT2D eigenvalue weighted by molar-refractivity contribution is -0.329. The van der Waals surface area contributed by atoms with Gasteiger partial charge in [0, 0.05) is 10.6 Å². The number of oxime groups is 1. The number of hydrogen-bond donors (Lipinski definition) is 3. The third-order valence-electron chi connectivity index (χ3n) is 6.43. The predicted octanol–water partition coefficient (Wildman–Crippen LogP) is 2.15. The van der Waals surface area contributed by atoms with Gasteiger partial charge in [-0.15, -0.1) is 0 Å². The molecule has 12 heteroatoms. The van der Waals surface area contributed by atoms with Crippen molar-refractivity contribution in [1.29, 1.82) is 0 Å². The molecule has 0 unspecified atom stereocenters. The Balaban J connectivity index is 1.54. The fraction of sp³-hybridized carbons (Fsp3) is 0.462. The van der Waals surface area contributed by atoms with Gasteiger partial charge in [-0.1, -0.05) is 35.0 Å². The minimum absolute atomic E-state index is 0.101. The Hall–Kier alpha value is -2.93. The van der Waals surface area contributed by atoms with Gasteiger partial charge in [-0.3, -0.25) is 0 Å². The van der Waals surface area contributed by atoms with Crippen LogP contribution in [0.4, 0.5) is 4.79 Å². The Labute approximate surface area is 224 Å². The van der Waals surface area contributed by atoms with Gasteiger partial charge in [0.15, 0.2) is 5.60 Å². The summed E-state index contributed by atoms with van der Waals surface area (Å²) in [5, 5.41) is 36.4. The summed E-state index contributed by atoms with van der Waals surface area (Å²) >= 11 is 6.49. The third-order valence-corrected chi connectivity index (χ3v) is 6.80. The summed E-state index contributed by atoms with van der Waals surface area (Å²) in [6, 6.07) is 12.4. The van der Waals surface area contributed by atoms with Gasteiger partial charge >= 0.3 is 6.16 Å². The number of carbonyl (C=O) groups excluding carboxylic acids is 1. The molecule has 0 aliphatic carbocycles. The van der Waals surface area contributed by atoms with Crippen LogP contribution in [0, 0.1) is 0 Å². The highest BCUT2D eigenvalue weighted by molar-refractivity contribution is 6.31. The van der Waals surface area contributed by atoms with E-state index in [1.165, 1.54) is 13.3 Å². The summed E-state index contributed by atoms with van der Waals surface area (Å²) in [6.07, 6.45) is -3.88. The van der Waals surface area contributed by atoms with Crippen molar-refractivity contribution < 1.29 is 48.6 Å². The van der Waals surface area contributed by atoms with E-state index in [1.807, 2.05) is 24.3 Å². The number of benzene rings is 2. The van der Waals surface area contributed by atoms with E-state index < -0.39 is 42.5 Å². The van der Waals surface area contributed by atoms with Crippen LogP contribution in [0.1, 0.15) is 23.6 Å². The van der Waals surface area contributed by atoms with Crippen LogP contribution >= 0.6 is 11.6 Å². The topological polar surface area (TPSA) is 146 Å². The molecular formula is C26H30ClNO10. The van der Waals surface area contributed by atoms with E-state index in [0.29, 0.717) is 28.3 Å². The number of nitrogens with zero attached hydrogens (tertiary/aromatic N) is 1. The molecule has 3 N–H and O–H groups in total. The smallest absolute Gasteiger partial charge is 0.488 e.